The van der Waals surface area contributed by atoms with E-state index in [9.17, 15) is 13.2 Å². The molecule has 0 heterocycles. The maximum absolute atomic E-state index is 12.7. The molecule has 0 fully saturated rings. The molecular formula is C22H28ClNO4S. The molecule has 0 aliphatic heterocycles. The molecule has 0 aliphatic carbocycles. The summed E-state index contributed by atoms with van der Waals surface area (Å²) < 4.78 is 30.8. The van der Waals surface area contributed by atoms with Gasteiger partial charge in [-0.3, -0.25) is 4.79 Å². The van der Waals surface area contributed by atoms with Gasteiger partial charge in [0.15, 0.2) is 0 Å². The maximum Gasteiger partial charge on any atom is 0.340 e. The third kappa shape index (κ3) is 6.21. The van der Waals surface area contributed by atoms with Crippen LogP contribution in [0.3, 0.4) is 0 Å². The zero-order valence-electron chi connectivity index (χ0n) is 17.5. The Balaban J connectivity index is 2.28. The maximum atomic E-state index is 12.7. The zero-order valence-corrected chi connectivity index (χ0v) is 19.0. The number of hydrogen-bond donors (Lipinski definition) is 0. The van der Waals surface area contributed by atoms with Crippen LogP contribution < -0.4 is 4.18 Å². The van der Waals surface area contributed by atoms with Crippen LogP contribution in [0.4, 0.5) is 0 Å². The van der Waals surface area contributed by atoms with Crippen molar-refractivity contribution < 1.29 is 17.4 Å². The van der Waals surface area contributed by atoms with E-state index in [1.807, 2.05) is 19.9 Å². The van der Waals surface area contributed by atoms with Crippen LogP contribution in [0.25, 0.3) is 0 Å². The van der Waals surface area contributed by atoms with Gasteiger partial charge in [0.2, 0.25) is 5.91 Å². The minimum Gasteiger partial charge on any atom is -0.379 e. The van der Waals surface area contributed by atoms with Crippen LogP contribution >= 0.6 is 11.6 Å². The van der Waals surface area contributed by atoms with Crippen LogP contribution in [0.5, 0.6) is 5.75 Å². The quantitative estimate of drug-likeness (QED) is 0.541. The molecule has 0 bridgehead atoms. The summed E-state index contributed by atoms with van der Waals surface area (Å²) in [5, 5.41) is 0.117. The lowest BCUT2D eigenvalue weighted by molar-refractivity contribution is -0.135. The van der Waals surface area contributed by atoms with Gasteiger partial charge >= 0.3 is 10.1 Å². The van der Waals surface area contributed by atoms with E-state index in [1.165, 1.54) is 6.07 Å². The number of rotatable bonds is 8. The van der Waals surface area contributed by atoms with E-state index >= 15 is 0 Å². The second-order valence-corrected chi connectivity index (χ2v) is 9.73. The molecule has 29 heavy (non-hydrogen) atoms. The Bertz CT molecular complexity index is 950. The molecule has 0 unspecified atom stereocenters. The zero-order chi connectivity index (χ0) is 21.8. The van der Waals surface area contributed by atoms with E-state index in [4.69, 9.17) is 15.8 Å². The molecule has 7 heteroatoms. The van der Waals surface area contributed by atoms with E-state index in [-0.39, 0.29) is 27.5 Å². The highest BCUT2D eigenvalue weighted by molar-refractivity contribution is 7.87. The number of hydrogen-bond acceptors (Lipinski definition) is 4. The third-order valence-corrected chi connectivity index (χ3v) is 6.16. The number of amides is 1. The Kier molecular flexibility index (Phi) is 7.72. The minimum absolute atomic E-state index is 0.0384. The second kappa shape index (κ2) is 9.63. The number of nitrogens with zero attached hydrogens (tertiary/aromatic N) is 1. The van der Waals surface area contributed by atoms with Crippen LogP contribution in [-0.4, -0.2) is 25.8 Å². The Labute approximate surface area is 178 Å². The summed E-state index contributed by atoms with van der Waals surface area (Å²) >= 11 is 6.09. The molecule has 0 atom stereocenters. The van der Waals surface area contributed by atoms with Crippen LogP contribution in [0.15, 0.2) is 47.4 Å². The predicted octanol–water partition coefficient (Wildman–Crippen LogP) is 5.06. The lowest BCUT2D eigenvalue weighted by atomic mass is 10.1. The fourth-order valence-electron chi connectivity index (χ4n) is 3.06. The van der Waals surface area contributed by atoms with Crippen molar-refractivity contribution in [1.29, 1.82) is 0 Å². The smallest absolute Gasteiger partial charge is 0.340 e. The van der Waals surface area contributed by atoms with Crippen molar-refractivity contribution in [3.63, 3.8) is 0 Å². The van der Waals surface area contributed by atoms with Gasteiger partial charge in [-0.05, 0) is 42.2 Å². The lowest BCUT2D eigenvalue weighted by Crippen LogP contribution is -2.36. The molecular weight excluding hydrogens is 410 g/mol. The molecule has 0 saturated heterocycles. The van der Waals surface area contributed by atoms with Crippen molar-refractivity contribution in [2.45, 2.75) is 46.1 Å². The SMILES string of the molecule is Cc1cccc(Cl)c1S(=O)(=O)Oc1cccc(CN(CC(C)C)C(=O)C(C)C)c1. The third-order valence-electron chi connectivity index (χ3n) is 4.28. The fraction of sp³-hybridized carbons (Fsp3) is 0.409. The molecule has 0 aliphatic rings. The monoisotopic (exact) mass is 437 g/mol. The number of carbonyl (C=O) groups excluding carboxylic acids is 1. The normalized spacial score (nSPS) is 11.7. The Morgan fingerprint density at radius 1 is 1.10 bits per heavy atom. The number of aryl methyl sites for hydroxylation is 1. The summed E-state index contributed by atoms with van der Waals surface area (Å²) in [6.07, 6.45) is 0. The molecule has 158 valence electrons. The molecule has 1 amide bonds. The van der Waals surface area contributed by atoms with Crippen molar-refractivity contribution in [2.75, 3.05) is 6.54 Å². The van der Waals surface area contributed by atoms with Gasteiger partial charge in [0, 0.05) is 19.0 Å². The number of benzene rings is 2. The molecule has 0 radical (unpaired) electrons. The van der Waals surface area contributed by atoms with Crippen LogP contribution in [0.1, 0.15) is 38.8 Å². The number of carbonyl (C=O) groups is 1. The summed E-state index contributed by atoms with van der Waals surface area (Å²) in [7, 11) is -4.08. The molecule has 2 aromatic rings. The van der Waals surface area contributed by atoms with Gasteiger partial charge in [0.05, 0.1) is 5.02 Å². The van der Waals surface area contributed by atoms with Gasteiger partial charge in [-0.25, -0.2) is 0 Å². The largest absolute Gasteiger partial charge is 0.379 e. The van der Waals surface area contributed by atoms with Crippen LogP contribution in [0, 0.1) is 18.8 Å². The van der Waals surface area contributed by atoms with Gasteiger partial charge in [-0.1, -0.05) is 63.6 Å². The standard InChI is InChI=1S/C22H28ClNO4S/c1-15(2)13-24(22(25)16(3)4)14-18-9-7-10-19(12-18)28-29(26,27)21-17(5)8-6-11-20(21)23/h6-12,15-16H,13-14H2,1-5H3. The first-order chi connectivity index (χ1) is 13.5. The highest BCUT2D eigenvalue weighted by atomic mass is 35.5. The molecule has 0 N–H and O–H groups in total. The molecule has 0 spiro atoms. The summed E-state index contributed by atoms with van der Waals surface area (Å²) in [4.78, 5) is 14.3. The highest BCUT2D eigenvalue weighted by Crippen LogP contribution is 2.28. The van der Waals surface area contributed by atoms with E-state index in [0.29, 0.717) is 24.6 Å². The van der Waals surface area contributed by atoms with Gasteiger partial charge in [-0.15, -0.1) is 0 Å². The van der Waals surface area contributed by atoms with Crippen molar-refractivity contribution in [3.8, 4) is 5.75 Å². The van der Waals surface area contributed by atoms with Crippen molar-refractivity contribution in [2.24, 2.45) is 11.8 Å². The first kappa shape index (κ1) is 23.2. The van der Waals surface area contributed by atoms with Gasteiger partial charge in [0.25, 0.3) is 0 Å². The van der Waals surface area contributed by atoms with Crippen LogP contribution in [-0.2, 0) is 21.5 Å². The Morgan fingerprint density at radius 3 is 2.34 bits per heavy atom. The summed E-state index contributed by atoms with van der Waals surface area (Å²) in [6.45, 7) is 10.5. The molecule has 5 nitrogen and oxygen atoms in total. The first-order valence-electron chi connectivity index (χ1n) is 9.58. The van der Waals surface area contributed by atoms with E-state index in [0.717, 1.165) is 5.56 Å². The molecule has 2 rings (SSSR count). The minimum atomic E-state index is -4.08. The average molecular weight is 438 g/mol. The molecule has 2 aromatic carbocycles. The summed E-state index contributed by atoms with van der Waals surface area (Å²) in [5.41, 5.74) is 1.31. The summed E-state index contributed by atoms with van der Waals surface area (Å²) in [5.74, 6) is 0.449. The van der Waals surface area contributed by atoms with E-state index in [2.05, 4.69) is 13.8 Å². The highest BCUT2D eigenvalue weighted by Gasteiger charge is 2.23. The first-order valence-corrected chi connectivity index (χ1v) is 11.4. The second-order valence-electron chi connectivity index (χ2n) is 7.84. The van der Waals surface area contributed by atoms with E-state index < -0.39 is 10.1 Å². The lowest BCUT2D eigenvalue weighted by Gasteiger charge is -2.26. The number of halogens is 1. The average Bonchev–Trinajstić information content (AvgIpc) is 2.59. The van der Waals surface area contributed by atoms with Crippen LogP contribution in [0.2, 0.25) is 5.02 Å². The fourth-order valence-corrected chi connectivity index (χ4v) is 4.77. The van der Waals surface area contributed by atoms with Crippen molar-refractivity contribution in [1.82, 2.24) is 4.90 Å². The van der Waals surface area contributed by atoms with Gasteiger partial charge in [-0.2, -0.15) is 8.42 Å². The predicted molar refractivity (Wildman–Crippen MR) is 116 cm³/mol. The molecule has 0 aromatic heterocycles. The summed E-state index contributed by atoms with van der Waals surface area (Å²) in [6, 6.07) is 11.7. The molecule has 0 saturated carbocycles. The Morgan fingerprint density at radius 2 is 1.76 bits per heavy atom. The Hall–Kier alpha value is -2.05. The van der Waals surface area contributed by atoms with Gasteiger partial charge in [0.1, 0.15) is 10.6 Å². The van der Waals surface area contributed by atoms with Crippen molar-refractivity contribution >= 4 is 27.6 Å². The van der Waals surface area contributed by atoms with E-state index in [1.54, 1.807) is 42.2 Å². The van der Waals surface area contributed by atoms with Gasteiger partial charge < -0.3 is 9.08 Å². The topological polar surface area (TPSA) is 63.7 Å². The van der Waals surface area contributed by atoms with Crippen molar-refractivity contribution in [3.05, 3.63) is 58.6 Å².